The van der Waals surface area contributed by atoms with Crippen LogP contribution in [0.15, 0.2) is 27.6 Å². The van der Waals surface area contributed by atoms with Gasteiger partial charge in [0.1, 0.15) is 10.6 Å². The first-order valence-corrected chi connectivity index (χ1v) is 10.9. The van der Waals surface area contributed by atoms with Gasteiger partial charge in [-0.05, 0) is 32.0 Å². The zero-order valence-corrected chi connectivity index (χ0v) is 17.8. The molecule has 1 aliphatic heterocycles. The second-order valence-electron chi connectivity index (χ2n) is 6.04. The molecule has 1 aromatic carbocycles. The van der Waals surface area contributed by atoms with Crippen molar-refractivity contribution in [1.29, 1.82) is 0 Å². The van der Waals surface area contributed by atoms with E-state index in [1.807, 2.05) is 18.7 Å². The average molecular weight is 448 g/mol. The van der Waals surface area contributed by atoms with Crippen LogP contribution in [-0.2, 0) is 14.8 Å². The fourth-order valence-electron chi connectivity index (χ4n) is 2.99. The molecule has 0 aromatic heterocycles. The maximum atomic E-state index is 13.0. The quantitative estimate of drug-likeness (QED) is 0.635. The lowest BCUT2D eigenvalue weighted by Gasteiger charge is -2.34. The third-order valence-corrected chi connectivity index (χ3v) is 6.96. The molecule has 1 fully saturated rings. The van der Waals surface area contributed by atoms with Gasteiger partial charge in [0.25, 0.3) is 0 Å². The molecule has 1 aromatic rings. The Balaban J connectivity index is 2.05. The summed E-state index contributed by atoms with van der Waals surface area (Å²) in [5.74, 6) is 0.410. The highest BCUT2D eigenvalue weighted by Crippen LogP contribution is 2.30. The molecule has 1 aliphatic rings. The molecule has 146 valence electrons. The molecule has 1 saturated heterocycles. The maximum Gasteiger partial charge on any atom is 0.246 e. The van der Waals surface area contributed by atoms with Crippen molar-refractivity contribution in [3.63, 3.8) is 0 Å². The summed E-state index contributed by atoms with van der Waals surface area (Å²) < 4.78 is 33.3. The highest BCUT2D eigenvalue weighted by atomic mass is 79.9. The number of sulfonamides is 1. The fourth-order valence-corrected chi connectivity index (χ4v) is 5.10. The Bertz CT molecular complexity index is 730. The van der Waals surface area contributed by atoms with Crippen molar-refractivity contribution in [1.82, 2.24) is 14.1 Å². The number of benzene rings is 1. The van der Waals surface area contributed by atoms with Crippen LogP contribution in [0.1, 0.15) is 13.8 Å². The lowest BCUT2D eigenvalue weighted by atomic mass is 10.3. The zero-order valence-electron chi connectivity index (χ0n) is 15.4. The summed E-state index contributed by atoms with van der Waals surface area (Å²) in [6, 6.07) is 4.94. The van der Waals surface area contributed by atoms with E-state index >= 15 is 0 Å². The molecule has 0 unspecified atom stereocenters. The van der Waals surface area contributed by atoms with Crippen molar-refractivity contribution in [2.24, 2.45) is 0 Å². The Morgan fingerprint density at radius 2 is 1.81 bits per heavy atom. The van der Waals surface area contributed by atoms with E-state index in [0.717, 1.165) is 0 Å². The lowest BCUT2D eigenvalue weighted by Crippen LogP contribution is -2.51. The number of ether oxygens (including phenoxy) is 1. The van der Waals surface area contributed by atoms with Gasteiger partial charge in [-0.25, -0.2) is 8.42 Å². The van der Waals surface area contributed by atoms with E-state index in [4.69, 9.17) is 4.74 Å². The second kappa shape index (κ2) is 9.16. The molecule has 0 N–H and O–H groups in total. The molecule has 26 heavy (non-hydrogen) atoms. The van der Waals surface area contributed by atoms with E-state index < -0.39 is 10.0 Å². The summed E-state index contributed by atoms with van der Waals surface area (Å²) >= 11 is 3.32. The van der Waals surface area contributed by atoms with Gasteiger partial charge in [-0.2, -0.15) is 4.31 Å². The minimum absolute atomic E-state index is 0.0833. The van der Waals surface area contributed by atoms with Gasteiger partial charge in [0, 0.05) is 43.7 Å². The summed E-state index contributed by atoms with van der Waals surface area (Å²) in [4.78, 5) is 16.2. The number of likely N-dealkylation sites (N-methyl/N-ethyl adjacent to an activating group) is 1. The number of methoxy groups -OCH3 is 1. The standard InChI is InChI=1S/C17H26BrN3O4S/c1-4-20(5-2)17(22)13-19-8-10-21(11-9-19)26(23,24)16-12-14(18)6-7-15(16)25-3/h6-7,12H,4-5,8-11,13H2,1-3H3. The number of carbonyl (C=O) groups excluding carboxylic acids is 1. The highest BCUT2D eigenvalue weighted by Gasteiger charge is 2.31. The van der Waals surface area contributed by atoms with Crippen molar-refractivity contribution >= 4 is 31.9 Å². The van der Waals surface area contributed by atoms with E-state index in [0.29, 0.717) is 56.0 Å². The summed E-state index contributed by atoms with van der Waals surface area (Å²) in [5.41, 5.74) is 0. The van der Waals surface area contributed by atoms with Gasteiger partial charge in [0.15, 0.2) is 0 Å². The van der Waals surface area contributed by atoms with Gasteiger partial charge in [-0.1, -0.05) is 15.9 Å². The Morgan fingerprint density at radius 3 is 2.35 bits per heavy atom. The van der Waals surface area contributed by atoms with Crippen LogP contribution in [0.4, 0.5) is 0 Å². The van der Waals surface area contributed by atoms with Crippen molar-refractivity contribution in [2.75, 3.05) is 52.9 Å². The number of carbonyl (C=O) groups is 1. The number of piperazine rings is 1. The summed E-state index contributed by atoms with van der Waals surface area (Å²) in [6.07, 6.45) is 0. The third-order valence-electron chi connectivity index (χ3n) is 4.55. The largest absolute Gasteiger partial charge is 0.495 e. The monoisotopic (exact) mass is 447 g/mol. The molecule has 0 spiro atoms. The van der Waals surface area contributed by atoms with Gasteiger partial charge in [-0.15, -0.1) is 0 Å². The number of hydrogen-bond donors (Lipinski definition) is 0. The van der Waals surface area contributed by atoms with Gasteiger partial charge < -0.3 is 9.64 Å². The van der Waals surface area contributed by atoms with Crippen molar-refractivity contribution in [3.05, 3.63) is 22.7 Å². The number of nitrogens with zero attached hydrogens (tertiary/aromatic N) is 3. The minimum atomic E-state index is -3.65. The van der Waals surface area contributed by atoms with E-state index in [-0.39, 0.29) is 10.8 Å². The average Bonchev–Trinajstić information content (AvgIpc) is 2.63. The van der Waals surface area contributed by atoms with Crippen LogP contribution in [0.2, 0.25) is 0 Å². The first kappa shape index (κ1) is 21.1. The third kappa shape index (κ3) is 4.76. The van der Waals surface area contributed by atoms with Crippen LogP contribution in [0, 0.1) is 0 Å². The Morgan fingerprint density at radius 1 is 1.19 bits per heavy atom. The summed E-state index contributed by atoms with van der Waals surface area (Å²) in [5, 5.41) is 0. The maximum absolute atomic E-state index is 13.0. The molecule has 0 bridgehead atoms. The van der Waals surface area contributed by atoms with Gasteiger partial charge in [0.2, 0.25) is 15.9 Å². The van der Waals surface area contributed by atoms with E-state index in [1.54, 1.807) is 23.1 Å². The lowest BCUT2D eigenvalue weighted by molar-refractivity contribution is -0.132. The van der Waals surface area contributed by atoms with E-state index in [9.17, 15) is 13.2 Å². The van der Waals surface area contributed by atoms with Crippen LogP contribution in [-0.4, -0.2) is 81.4 Å². The molecular formula is C17H26BrN3O4S. The van der Waals surface area contributed by atoms with Crippen LogP contribution in [0.3, 0.4) is 0 Å². The van der Waals surface area contributed by atoms with Crippen molar-refractivity contribution < 1.29 is 17.9 Å². The summed E-state index contributed by atoms with van der Waals surface area (Å²) in [6.45, 7) is 7.38. The normalized spacial score (nSPS) is 16.5. The first-order valence-electron chi connectivity index (χ1n) is 8.67. The van der Waals surface area contributed by atoms with Crippen LogP contribution in [0.5, 0.6) is 5.75 Å². The molecule has 7 nitrogen and oxygen atoms in total. The predicted octanol–water partition coefficient (Wildman–Crippen LogP) is 1.63. The first-order chi connectivity index (χ1) is 12.3. The molecule has 0 radical (unpaired) electrons. The smallest absolute Gasteiger partial charge is 0.246 e. The van der Waals surface area contributed by atoms with Gasteiger partial charge in [-0.3, -0.25) is 9.69 Å². The van der Waals surface area contributed by atoms with Crippen LogP contribution < -0.4 is 4.74 Å². The Kier molecular flexibility index (Phi) is 7.45. The van der Waals surface area contributed by atoms with E-state index in [1.165, 1.54) is 11.4 Å². The minimum Gasteiger partial charge on any atom is -0.495 e. The number of amides is 1. The van der Waals surface area contributed by atoms with Gasteiger partial charge in [0.05, 0.1) is 13.7 Å². The fraction of sp³-hybridized carbons (Fsp3) is 0.588. The molecule has 0 atom stereocenters. The second-order valence-corrected chi connectivity index (χ2v) is 8.86. The van der Waals surface area contributed by atoms with Gasteiger partial charge >= 0.3 is 0 Å². The Labute approximate surface area is 164 Å². The SMILES string of the molecule is CCN(CC)C(=O)CN1CCN(S(=O)(=O)c2cc(Br)ccc2OC)CC1. The van der Waals surface area contributed by atoms with Crippen molar-refractivity contribution in [2.45, 2.75) is 18.7 Å². The highest BCUT2D eigenvalue weighted by molar-refractivity contribution is 9.10. The zero-order chi connectivity index (χ0) is 19.3. The van der Waals surface area contributed by atoms with Crippen LogP contribution >= 0.6 is 15.9 Å². The van der Waals surface area contributed by atoms with E-state index in [2.05, 4.69) is 15.9 Å². The molecule has 0 aliphatic carbocycles. The predicted molar refractivity (Wildman–Crippen MR) is 104 cm³/mol. The van der Waals surface area contributed by atoms with Crippen LogP contribution in [0.25, 0.3) is 0 Å². The molecular weight excluding hydrogens is 422 g/mol. The topological polar surface area (TPSA) is 70.2 Å². The molecule has 0 saturated carbocycles. The molecule has 1 heterocycles. The number of hydrogen-bond acceptors (Lipinski definition) is 5. The van der Waals surface area contributed by atoms with Crippen molar-refractivity contribution in [3.8, 4) is 5.75 Å². The number of halogens is 1. The summed E-state index contributed by atoms with van der Waals surface area (Å²) in [7, 11) is -2.19. The number of rotatable bonds is 7. The Hall–Kier alpha value is -1.16. The molecule has 2 rings (SSSR count). The molecule has 9 heteroatoms. The molecule has 1 amide bonds.